The summed E-state index contributed by atoms with van der Waals surface area (Å²) >= 11 is 0. The van der Waals surface area contributed by atoms with E-state index in [0.717, 1.165) is 0 Å². The van der Waals surface area contributed by atoms with Crippen LogP contribution in [0.3, 0.4) is 0 Å². The van der Waals surface area contributed by atoms with Crippen LogP contribution in [0, 0.1) is 0 Å². The van der Waals surface area contributed by atoms with Crippen LogP contribution in [0.4, 0.5) is 0 Å². The first-order chi connectivity index (χ1) is 11.4. The largest absolute Gasteiger partial charge is 0.330 e. The molecule has 6 heteroatoms. The van der Waals surface area contributed by atoms with Gasteiger partial charge in [0.2, 0.25) is 0 Å². The lowest BCUT2D eigenvalue weighted by atomic mass is 10.1. The molecule has 0 saturated heterocycles. The average molecular weight is 351 g/mol. The molecule has 0 aliphatic carbocycles. The van der Waals surface area contributed by atoms with Gasteiger partial charge in [-0.25, -0.2) is 8.42 Å². The number of nitrogens with two attached hydrogens (primary N) is 1. The maximum atomic E-state index is 12.7. The zero-order chi connectivity index (χ0) is 18.0. The highest BCUT2D eigenvalue weighted by atomic mass is 32.2. The molecule has 0 radical (unpaired) electrons. The summed E-state index contributed by atoms with van der Waals surface area (Å²) in [5.41, 5.74) is 5.48. The predicted octanol–water partition coefficient (Wildman–Crippen LogP) is 2.45. The number of rotatable bonds is 11. The summed E-state index contributed by atoms with van der Waals surface area (Å²) in [6, 6.07) is 8.03. The van der Waals surface area contributed by atoms with E-state index < -0.39 is 15.1 Å². The molecule has 0 bridgehead atoms. The third-order valence-electron chi connectivity index (χ3n) is 3.62. The number of hydrogen-bond acceptors (Lipinski definition) is 5. The second-order valence-electron chi connectivity index (χ2n) is 5.65. The number of carbonyl (C=O) groups is 2. The number of carbonyl (C=O) groups excluding carboxylic acids is 2. The maximum absolute atomic E-state index is 12.7. The highest BCUT2D eigenvalue weighted by Gasteiger charge is 2.32. The Balaban J connectivity index is 2.81. The molecule has 132 valence electrons. The molecular formula is C18H25NO4S. The van der Waals surface area contributed by atoms with E-state index in [1.807, 2.05) is 0 Å². The van der Waals surface area contributed by atoms with Crippen LogP contribution in [0.5, 0.6) is 0 Å². The molecule has 1 atom stereocenters. The minimum absolute atomic E-state index is 0.0474. The van der Waals surface area contributed by atoms with Crippen molar-refractivity contribution in [1.29, 1.82) is 0 Å². The summed E-state index contributed by atoms with van der Waals surface area (Å²) in [5.74, 6) is -0.336. The third kappa shape index (κ3) is 6.37. The van der Waals surface area contributed by atoms with Crippen molar-refractivity contribution in [3.63, 3.8) is 0 Å². The van der Waals surface area contributed by atoms with E-state index in [1.165, 1.54) is 25.1 Å². The van der Waals surface area contributed by atoms with Gasteiger partial charge in [0, 0.05) is 6.42 Å². The molecule has 0 aliphatic rings. The zero-order valence-electron chi connectivity index (χ0n) is 14.0. The van der Waals surface area contributed by atoms with Gasteiger partial charge in [0.1, 0.15) is 5.25 Å². The Labute approximate surface area is 143 Å². The molecule has 1 aromatic rings. The molecule has 1 unspecified atom stereocenters. The van der Waals surface area contributed by atoms with E-state index in [4.69, 9.17) is 5.73 Å². The Bertz CT molecular complexity index is 666. The number of ketones is 2. The fraction of sp³-hybridized carbons (Fsp3) is 0.444. The lowest BCUT2D eigenvalue weighted by Gasteiger charge is -2.16. The molecule has 0 aliphatic heterocycles. The molecule has 1 rings (SSSR count). The van der Waals surface area contributed by atoms with Crippen molar-refractivity contribution in [3.8, 4) is 0 Å². The molecule has 0 fully saturated rings. The van der Waals surface area contributed by atoms with E-state index in [2.05, 4.69) is 0 Å². The summed E-state index contributed by atoms with van der Waals surface area (Å²) in [6.07, 6.45) is 5.13. The molecule has 1 aromatic carbocycles. The van der Waals surface area contributed by atoms with Crippen LogP contribution in [0.25, 0.3) is 0 Å². The van der Waals surface area contributed by atoms with Crippen molar-refractivity contribution in [3.05, 3.63) is 42.5 Å². The van der Waals surface area contributed by atoms with Gasteiger partial charge in [0.25, 0.3) is 0 Å². The summed E-state index contributed by atoms with van der Waals surface area (Å²) in [5, 5.41) is -1.06. The summed E-state index contributed by atoms with van der Waals surface area (Å²) in [7, 11) is -3.71. The van der Waals surface area contributed by atoms with Crippen LogP contribution in [0.1, 0.15) is 39.0 Å². The van der Waals surface area contributed by atoms with Crippen LogP contribution in [-0.4, -0.2) is 31.8 Å². The minimum Gasteiger partial charge on any atom is -0.330 e. The number of allylic oxidation sites excluding steroid dienone is 2. The van der Waals surface area contributed by atoms with Gasteiger partial charge in [-0.2, -0.15) is 0 Å². The first-order valence-corrected chi connectivity index (χ1v) is 9.63. The number of Topliss-reactive ketones (excluding diaryl/α,β-unsaturated/α-hetero) is 1. The number of hydrogen-bond donors (Lipinski definition) is 1. The Hall–Kier alpha value is -1.79. The monoisotopic (exact) mass is 351 g/mol. The van der Waals surface area contributed by atoms with Gasteiger partial charge in [-0.05, 0) is 57.4 Å². The van der Waals surface area contributed by atoms with Gasteiger partial charge in [0.15, 0.2) is 21.4 Å². The molecule has 0 saturated carbocycles. The van der Waals surface area contributed by atoms with Crippen molar-refractivity contribution in [2.45, 2.75) is 49.2 Å². The van der Waals surface area contributed by atoms with Crippen molar-refractivity contribution >= 4 is 21.4 Å². The number of benzene rings is 1. The van der Waals surface area contributed by atoms with Gasteiger partial charge in [-0.15, -0.1) is 0 Å². The zero-order valence-corrected chi connectivity index (χ0v) is 14.8. The third-order valence-corrected chi connectivity index (χ3v) is 5.80. The van der Waals surface area contributed by atoms with Crippen molar-refractivity contribution in [2.75, 3.05) is 6.54 Å². The standard InChI is InChI=1S/C18H25NO4S/c1-15(20)9-4-2-7-12-17(21)18(13-8-14-19)24(22,23)16-10-5-3-6-11-16/h3-6,9-11,18H,2,7-8,12-14,19H2,1H3/b9-4+. The second kappa shape index (κ2) is 10.2. The molecule has 5 nitrogen and oxygen atoms in total. The van der Waals surface area contributed by atoms with Crippen LogP contribution in [-0.2, 0) is 19.4 Å². The fourth-order valence-electron chi connectivity index (χ4n) is 2.37. The van der Waals surface area contributed by atoms with Crippen LogP contribution < -0.4 is 5.73 Å². The molecule has 0 spiro atoms. The van der Waals surface area contributed by atoms with E-state index in [1.54, 1.807) is 24.3 Å². The van der Waals surface area contributed by atoms with E-state index in [-0.39, 0.29) is 29.3 Å². The molecule has 2 N–H and O–H groups in total. The van der Waals surface area contributed by atoms with E-state index >= 15 is 0 Å². The van der Waals surface area contributed by atoms with Crippen LogP contribution >= 0.6 is 0 Å². The minimum atomic E-state index is -3.71. The van der Waals surface area contributed by atoms with Crippen LogP contribution in [0.15, 0.2) is 47.4 Å². The smallest absolute Gasteiger partial charge is 0.188 e. The average Bonchev–Trinajstić information content (AvgIpc) is 2.55. The lowest BCUT2D eigenvalue weighted by molar-refractivity contribution is -0.119. The first-order valence-electron chi connectivity index (χ1n) is 8.08. The fourth-order valence-corrected chi connectivity index (χ4v) is 4.18. The van der Waals surface area contributed by atoms with Crippen molar-refractivity contribution < 1.29 is 18.0 Å². The van der Waals surface area contributed by atoms with E-state index in [9.17, 15) is 18.0 Å². The Morgan fingerprint density at radius 1 is 1.17 bits per heavy atom. The maximum Gasteiger partial charge on any atom is 0.188 e. The van der Waals surface area contributed by atoms with E-state index in [0.29, 0.717) is 25.8 Å². The van der Waals surface area contributed by atoms with Gasteiger partial charge in [-0.3, -0.25) is 9.59 Å². The lowest BCUT2D eigenvalue weighted by Crippen LogP contribution is -2.31. The molecule has 0 amide bonds. The molecule has 24 heavy (non-hydrogen) atoms. The summed E-state index contributed by atoms with van der Waals surface area (Å²) < 4.78 is 25.5. The first kappa shape index (κ1) is 20.3. The van der Waals surface area contributed by atoms with Crippen LogP contribution in [0.2, 0.25) is 0 Å². The second-order valence-corrected chi connectivity index (χ2v) is 7.78. The highest BCUT2D eigenvalue weighted by molar-refractivity contribution is 7.92. The SMILES string of the molecule is CC(=O)/C=C/CCCC(=O)C(CCCN)S(=O)(=O)c1ccccc1. The normalized spacial score (nSPS) is 13.1. The molecule has 0 heterocycles. The highest BCUT2D eigenvalue weighted by Crippen LogP contribution is 2.21. The summed E-state index contributed by atoms with van der Waals surface area (Å²) in [4.78, 5) is 23.4. The Morgan fingerprint density at radius 2 is 1.83 bits per heavy atom. The van der Waals surface area contributed by atoms with Crippen molar-refractivity contribution in [2.24, 2.45) is 5.73 Å². The van der Waals surface area contributed by atoms with Gasteiger partial charge >= 0.3 is 0 Å². The van der Waals surface area contributed by atoms with Gasteiger partial charge < -0.3 is 5.73 Å². The Kier molecular flexibility index (Phi) is 8.57. The molecule has 0 aromatic heterocycles. The quantitative estimate of drug-likeness (QED) is 0.488. The topological polar surface area (TPSA) is 94.3 Å². The number of unbranched alkanes of at least 4 members (excludes halogenated alkanes) is 1. The van der Waals surface area contributed by atoms with Crippen molar-refractivity contribution in [1.82, 2.24) is 0 Å². The Morgan fingerprint density at radius 3 is 2.42 bits per heavy atom. The predicted molar refractivity (Wildman–Crippen MR) is 94.4 cm³/mol. The molecular weight excluding hydrogens is 326 g/mol. The van der Waals surface area contributed by atoms with Gasteiger partial charge in [-0.1, -0.05) is 24.3 Å². The van der Waals surface area contributed by atoms with Gasteiger partial charge in [0.05, 0.1) is 4.90 Å². The number of sulfone groups is 1. The summed E-state index contributed by atoms with van der Waals surface area (Å²) in [6.45, 7) is 1.80.